The largest absolute Gasteiger partial charge is 0.411 e. The third-order valence-corrected chi connectivity index (χ3v) is 1.80. The van der Waals surface area contributed by atoms with Crippen molar-refractivity contribution < 1.29 is 10.5 Å². The van der Waals surface area contributed by atoms with Gasteiger partial charge in [0.2, 0.25) is 0 Å². The zero-order valence-corrected chi connectivity index (χ0v) is 6.47. The highest BCUT2D eigenvalue weighted by atomic mass is 16.4. The molecule has 0 fully saturated rings. The van der Waals surface area contributed by atoms with Crippen LogP contribution in [0, 0.1) is 0 Å². The third kappa shape index (κ3) is 2.01. The highest BCUT2D eigenvalue weighted by Crippen LogP contribution is 1.96. The maximum absolute atomic E-state index is 8.37. The summed E-state index contributed by atoms with van der Waals surface area (Å²) in [4.78, 5) is 0. The SMILES string of the molecule is C[NH2+]C(C)(C)/C(C)=N\O. The van der Waals surface area contributed by atoms with Gasteiger partial charge in [0.05, 0.1) is 7.05 Å². The maximum Gasteiger partial charge on any atom is 0.132 e. The van der Waals surface area contributed by atoms with Crippen LogP contribution in [0.5, 0.6) is 0 Å². The van der Waals surface area contributed by atoms with Crippen molar-refractivity contribution in [1.29, 1.82) is 0 Å². The number of hydrogen-bond donors (Lipinski definition) is 2. The molecule has 0 atom stereocenters. The zero-order chi connectivity index (χ0) is 7.49. The molecule has 0 aliphatic heterocycles. The summed E-state index contributed by atoms with van der Waals surface area (Å²) in [5.74, 6) is 0. The monoisotopic (exact) mass is 131 g/mol. The summed E-state index contributed by atoms with van der Waals surface area (Å²) in [7, 11) is 1.95. The Labute approximate surface area is 55.8 Å². The first-order valence-corrected chi connectivity index (χ1v) is 3.04. The molecule has 0 unspecified atom stereocenters. The highest BCUT2D eigenvalue weighted by Gasteiger charge is 2.22. The fourth-order valence-corrected chi connectivity index (χ4v) is 0.338. The van der Waals surface area contributed by atoms with Gasteiger partial charge >= 0.3 is 0 Å². The minimum Gasteiger partial charge on any atom is -0.411 e. The van der Waals surface area contributed by atoms with Gasteiger partial charge in [0.25, 0.3) is 0 Å². The molecule has 3 heteroatoms. The minimum absolute atomic E-state index is 0.0747. The van der Waals surface area contributed by atoms with Crippen molar-refractivity contribution in [3.05, 3.63) is 0 Å². The first-order chi connectivity index (χ1) is 4.04. The minimum atomic E-state index is -0.0747. The Morgan fingerprint density at radius 2 is 2.00 bits per heavy atom. The summed E-state index contributed by atoms with van der Waals surface area (Å²) in [6, 6.07) is 0. The van der Waals surface area contributed by atoms with Crippen LogP contribution in [0.25, 0.3) is 0 Å². The quantitative estimate of drug-likeness (QED) is 0.304. The number of hydrogen-bond acceptors (Lipinski definition) is 2. The molecule has 0 rings (SSSR count). The second-order valence-electron chi connectivity index (χ2n) is 2.70. The lowest BCUT2D eigenvalue weighted by Crippen LogP contribution is -2.93. The zero-order valence-electron chi connectivity index (χ0n) is 6.47. The van der Waals surface area contributed by atoms with Crippen molar-refractivity contribution in [3.8, 4) is 0 Å². The summed E-state index contributed by atoms with van der Waals surface area (Å²) in [6.45, 7) is 5.81. The molecule has 0 aromatic rings. The molecular formula is C6H15N2O+. The van der Waals surface area contributed by atoms with Crippen LogP contribution in [0.15, 0.2) is 5.16 Å². The second-order valence-corrected chi connectivity index (χ2v) is 2.70. The highest BCUT2D eigenvalue weighted by molar-refractivity contribution is 5.88. The predicted molar refractivity (Wildman–Crippen MR) is 36.8 cm³/mol. The van der Waals surface area contributed by atoms with Crippen molar-refractivity contribution in [2.45, 2.75) is 26.3 Å². The van der Waals surface area contributed by atoms with Gasteiger partial charge in [0.15, 0.2) is 0 Å². The number of oxime groups is 1. The van der Waals surface area contributed by atoms with E-state index in [9.17, 15) is 0 Å². The maximum atomic E-state index is 8.37. The van der Waals surface area contributed by atoms with Gasteiger partial charge in [-0.1, -0.05) is 5.16 Å². The molecule has 0 aromatic heterocycles. The van der Waals surface area contributed by atoms with Crippen LogP contribution < -0.4 is 5.32 Å². The van der Waals surface area contributed by atoms with Crippen molar-refractivity contribution in [2.24, 2.45) is 5.16 Å². The molecular weight excluding hydrogens is 116 g/mol. The summed E-state index contributed by atoms with van der Waals surface area (Å²) in [6.07, 6.45) is 0. The molecule has 3 N–H and O–H groups in total. The molecule has 0 heterocycles. The Morgan fingerprint density at radius 1 is 1.56 bits per heavy atom. The fourth-order valence-electron chi connectivity index (χ4n) is 0.338. The third-order valence-electron chi connectivity index (χ3n) is 1.80. The molecule has 54 valence electrons. The van der Waals surface area contributed by atoms with Gasteiger partial charge < -0.3 is 10.5 Å². The van der Waals surface area contributed by atoms with Gasteiger partial charge in [-0.05, 0) is 20.8 Å². The van der Waals surface area contributed by atoms with Crippen LogP contribution in [0.1, 0.15) is 20.8 Å². The van der Waals surface area contributed by atoms with E-state index in [4.69, 9.17) is 5.21 Å². The number of quaternary nitrogens is 1. The Bertz CT molecular complexity index is 118. The molecule has 0 aliphatic rings. The van der Waals surface area contributed by atoms with E-state index in [1.165, 1.54) is 0 Å². The van der Waals surface area contributed by atoms with Crippen LogP contribution in [-0.2, 0) is 0 Å². The normalized spacial score (nSPS) is 14.0. The Balaban J connectivity index is 4.14. The molecule has 0 amide bonds. The van der Waals surface area contributed by atoms with E-state index in [-0.39, 0.29) is 5.54 Å². The summed E-state index contributed by atoms with van der Waals surface area (Å²) < 4.78 is 0. The second kappa shape index (κ2) is 2.82. The van der Waals surface area contributed by atoms with E-state index in [1.54, 1.807) is 6.92 Å². The van der Waals surface area contributed by atoms with Crippen molar-refractivity contribution in [1.82, 2.24) is 0 Å². The molecule has 0 aliphatic carbocycles. The van der Waals surface area contributed by atoms with E-state index >= 15 is 0 Å². The van der Waals surface area contributed by atoms with Crippen LogP contribution in [0.2, 0.25) is 0 Å². The molecule has 0 saturated heterocycles. The average Bonchev–Trinajstić information content (AvgIpc) is 1.86. The molecule has 0 aromatic carbocycles. The lowest BCUT2D eigenvalue weighted by molar-refractivity contribution is -0.677. The molecule has 9 heavy (non-hydrogen) atoms. The van der Waals surface area contributed by atoms with Crippen molar-refractivity contribution in [3.63, 3.8) is 0 Å². The molecule has 0 saturated carbocycles. The smallest absolute Gasteiger partial charge is 0.132 e. The molecule has 3 nitrogen and oxygen atoms in total. The van der Waals surface area contributed by atoms with Crippen LogP contribution in [-0.4, -0.2) is 23.5 Å². The number of nitrogens with two attached hydrogens (primary N) is 1. The number of nitrogens with zero attached hydrogens (tertiary/aromatic N) is 1. The van der Waals surface area contributed by atoms with E-state index in [0.717, 1.165) is 5.71 Å². The lowest BCUT2D eigenvalue weighted by Gasteiger charge is -2.17. The molecule has 0 radical (unpaired) electrons. The number of rotatable bonds is 2. The van der Waals surface area contributed by atoms with E-state index in [1.807, 2.05) is 26.2 Å². The van der Waals surface area contributed by atoms with Crippen LogP contribution in [0.3, 0.4) is 0 Å². The van der Waals surface area contributed by atoms with Gasteiger partial charge in [-0.3, -0.25) is 0 Å². The summed E-state index contributed by atoms with van der Waals surface area (Å²) in [5, 5.41) is 13.5. The van der Waals surface area contributed by atoms with E-state index in [2.05, 4.69) is 5.16 Å². The van der Waals surface area contributed by atoms with E-state index in [0.29, 0.717) is 0 Å². The Morgan fingerprint density at radius 3 is 2.11 bits per heavy atom. The Kier molecular flexibility index (Phi) is 2.65. The van der Waals surface area contributed by atoms with Crippen LogP contribution >= 0.6 is 0 Å². The van der Waals surface area contributed by atoms with Gasteiger partial charge in [-0.25, -0.2) is 0 Å². The first-order valence-electron chi connectivity index (χ1n) is 3.04. The van der Waals surface area contributed by atoms with Gasteiger partial charge in [0.1, 0.15) is 11.3 Å². The van der Waals surface area contributed by atoms with Crippen molar-refractivity contribution >= 4 is 5.71 Å². The summed E-state index contributed by atoms with van der Waals surface area (Å²) >= 11 is 0. The van der Waals surface area contributed by atoms with Gasteiger partial charge in [0, 0.05) is 0 Å². The fraction of sp³-hybridized carbons (Fsp3) is 0.833. The Hall–Kier alpha value is -0.570. The van der Waals surface area contributed by atoms with Crippen molar-refractivity contribution in [2.75, 3.05) is 7.05 Å². The average molecular weight is 131 g/mol. The van der Waals surface area contributed by atoms with Crippen LogP contribution in [0.4, 0.5) is 0 Å². The van der Waals surface area contributed by atoms with E-state index < -0.39 is 0 Å². The topological polar surface area (TPSA) is 49.2 Å². The first kappa shape index (κ1) is 8.43. The standard InChI is InChI=1S/C6H14N2O/c1-5(8-9)6(2,3)7-4/h7,9H,1-4H3/p+1/b8-5-. The predicted octanol–water partition coefficient (Wildman–Crippen LogP) is -0.192. The molecule has 0 spiro atoms. The summed E-state index contributed by atoms with van der Waals surface area (Å²) in [5.41, 5.74) is 0.666. The molecule has 0 bridgehead atoms. The van der Waals surface area contributed by atoms with Gasteiger partial charge in [-0.2, -0.15) is 0 Å². The van der Waals surface area contributed by atoms with Gasteiger partial charge in [-0.15, -0.1) is 0 Å². The lowest BCUT2D eigenvalue weighted by atomic mass is 10.0.